The molecule has 4 unspecified atom stereocenters. The first-order valence-corrected chi connectivity index (χ1v) is 7.70. The topological polar surface area (TPSA) is 0 Å². The Labute approximate surface area is 103 Å². The van der Waals surface area contributed by atoms with Crippen molar-refractivity contribution in [1.29, 1.82) is 0 Å². The number of hydrogen-bond acceptors (Lipinski definition) is 0. The van der Waals surface area contributed by atoms with Crippen LogP contribution in [-0.4, -0.2) is 0 Å². The molecule has 0 amide bonds. The van der Waals surface area contributed by atoms with Gasteiger partial charge in [0.25, 0.3) is 0 Å². The van der Waals surface area contributed by atoms with Gasteiger partial charge in [0.05, 0.1) is 0 Å². The molecule has 4 atom stereocenters. The summed E-state index contributed by atoms with van der Waals surface area (Å²) < 4.78 is 0. The van der Waals surface area contributed by atoms with Crippen LogP contribution in [0, 0.1) is 23.7 Å². The van der Waals surface area contributed by atoms with Crippen molar-refractivity contribution in [2.75, 3.05) is 0 Å². The zero-order chi connectivity index (χ0) is 12.0. The van der Waals surface area contributed by atoms with Gasteiger partial charge >= 0.3 is 0 Å². The van der Waals surface area contributed by atoms with Crippen LogP contribution >= 0.6 is 0 Å². The molecule has 0 aromatic heterocycles. The zero-order valence-corrected chi connectivity index (χ0v) is 12.0. The lowest BCUT2D eigenvalue weighted by Gasteiger charge is -2.35. The molecule has 0 bridgehead atoms. The van der Waals surface area contributed by atoms with E-state index in [2.05, 4.69) is 27.7 Å². The summed E-state index contributed by atoms with van der Waals surface area (Å²) in [6.07, 6.45) is 11.7. The molecule has 16 heavy (non-hydrogen) atoms. The molecule has 0 aromatic carbocycles. The lowest BCUT2D eigenvalue weighted by Crippen LogP contribution is -2.27. The normalized spacial score (nSPS) is 34.9. The second-order valence-electron chi connectivity index (χ2n) is 6.10. The molecule has 1 aliphatic rings. The molecule has 0 aromatic rings. The maximum atomic E-state index is 2.52. The van der Waals surface area contributed by atoms with E-state index in [1.807, 2.05) is 0 Å². The molecule has 0 nitrogen and oxygen atoms in total. The molecule has 0 spiro atoms. The molecular formula is C16H32. The molecule has 1 fully saturated rings. The largest absolute Gasteiger partial charge is 0.0651 e. The molecule has 1 rings (SSSR count). The second-order valence-corrected chi connectivity index (χ2v) is 6.10. The highest BCUT2D eigenvalue weighted by atomic mass is 14.3. The fraction of sp³-hybridized carbons (Fsp3) is 1.00. The Hall–Kier alpha value is 0. The lowest BCUT2D eigenvalue weighted by atomic mass is 9.70. The van der Waals surface area contributed by atoms with Crippen LogP contribution in [0.3, 0.4) is 0 Å². The summed E-state index contributed by atoms with van der Waals surface area (Å²) in [6, 6.07) is 0. The third kappa shape index (κ3) is 3.79. The van der Waals surface area contributed by atoms with Gasteiger partial charge in [-0.1, -0.05) is 79.1 Å². The van der Waals surface area contributed by atoms with E-state index in [0.717, 1.165) is 23.7 Å². The van der Waals surface area contributed by atoms with Gasteiger partial charge < -0.3 is 0 Å². The predicted octanol–water partition coefficient (Wildman–Crippen LogP) is 5.67. The minimum absolute atomic E-state index is 0.929. The monoisotopic (exact) mass is 224 g/mol. The Morgan fingerprint density at radius 2 is 1.62 bits per heavy atom. The summed E-state index contributed by atoms with van der Waals surface area (Å²) in [4.78, 5) is 0. The Bertz CT molecular complexity index is 173. The molecule has 0 radical (unpaired) electrons. The summed E-state index contributed by atoms with van der Waals surface area (Å²) in [5, 5.41) is 0. The Kier molecular flexibility index (Phi) is 6.46. The smallest absolute Gasteiger partial charge is 0.0334 e. The molecular weight excluding hydrogens is 192 g/mol. The van der Waals surface area contributed by atoms with Crippen LogP contribution in [0.25, 0.3) is 0 Å². The lowest BCUT2D eigenvalue weighted by molar-refractivity contribution is 0.142. The fourth-order valence-corrected chi connectivity index (χ4v) is 3.85. The maximum absolute atomic E-state index is 2.52. The Morgan fingerprint density at radius 1 is 1.00 bits per heavy atom. The standard InChI is InChI=1S/C16H32/c1-5-13(3)16-14(4)11-9-7-8-10-12-15(16)6-2/h13-16H,5-12H2,1-4H3. The molecule has 0 aliphatic heterocycles. The zero-order valence-electron chi connectivity index (χ0n) is 12.0. The Balaban J connectivity index is 2.72. The van der Waals surface area contributed by atoms with Crippen molar-refractivity contribution in [2.24, 2.45) is 23.7 Å². The van der Waals surface area contributed by atoms with Crippen LogP contribution < -0.4 is 0 Å². The highest BCUT2D eigenvalue weighted by Gasteiger charge is 2.29. The summed E-state index contributed by atoms with van der Waals surface area (Å²) in [6.45, 7) is 9.79. The van der Waals surface area contributed by atoms with Crippen molar-refractivity contribution in [2.45, 2.75) is 79.1 Å². The third-order valence-electron chi connectivity index (χ3n) is 5.01. The van der Waals surface area contributed by atoms with E-state index < -0.39 is 0 Å². The summed E-state index contributed by atoms with van der Waals surface area (Å²) >= 11 is 0. The first kappa shape index (κ1) is 14.1. The van der Waals surface area contributed by atoms with Gasteiger partial charge in [-0.3, -0.25) is 0 Å². The molecule has 0 heteroatoms. The molecule has 0 N–H and O–H groups in total. The average molecular weight is 224 g/mol. The highest BCUT2D eigenvalue weighted by molar-refractivity contribution is 4.79. The first-order chi connectivity index (χ1) is 7.70. The van der Waals surface area contributed by atoms with Crippen LogP contribution in [0.5, 0.6) is 0 Å². The molecule has 0 saturated heterocycles. The van der Waals surface area contributed by atoms with Crippen LogP contribution in [0.1, 0.15) is 79.1 Å². The minimum Gasteiger partial charge on any atom is -0.0651 e. The second kappa shape index (κ2) is 7.35. The molecule has 0 heterocycles. The van der Waals surface area contributed by atoms with E-state index >= 15 is 0 Å². The van der Waals surface area contributed by atoms with Gasteiger partial charge in [-0.25, -0.2) is 0 Å². The number of rotatable bonds is 3. The third-order valence-corrected chi connectivity index (χ3v) is 5.01. The van der Waals surface area contributed by atoms with E-state index in [-0.39, 0.29) is 0 Å². The van der Waals surface area contributed by atoms with E-state index in [1.54, 1.807) is 0 Å². The predicted molar refractivity (Wildman–Crippen MR) is 73.6 cm³/mol. The van der Waals surface area contributed by atoms with Gasteiger partial charge in [0, 0.05) is 0 Å². The van der Waals surface area contributed by atoms with Crippen molar-refractivity contribution in [3.8, 4) is 0 Å². The van der Waals surface area contributed by atoms with Crippen molar-refractivity contribution < 1.29 is 0 Å². The molecule has 96 valence electrons. The van der Waals surface area contributed by atoms with Gasteiger partial charge in [-0.15, -0.1) is 0 Å². The first-order valence-electron chi connectivity index (χ1n) is 7.70. The maximum Gasteiger partial charge on any atom is -0.0334 e. The molecule has 1 aliphatic carbocycles. The van der Waals surface area contributed by atoms with Gasteiger partial charge in [0.15, 0.2) is 0 Å². The van der Waals surface area contributed by atoms with Gasteiger partial charge in [0.2, 0.25) is 0 Å². The summed E-state index contributed by atoms with van der Waals surface area (Å²) in [7, 11) is 0. The fourth-order valence-electron chi connectivity index (χ4n) is 3.85. The van der Waals surface area contributed by atoms with Crippen LogP contribution in [0.15, 0.2) is 0 Å². The summed E-state index contributed by atoms with van der Waals surface area (Å²) in [5.41, 5.74) is 0. The van der Waals surface area contributed by atoms with Crippen molar-refractivity contribution in [3.05, 3.63) is 0 Å². The van der Waals surface area contributed by atoms with E-state index in [0.29, 0.717) is 0 Å². The van der Waals surface area contributed by atoms with Crippen LogP contribution in [0.2, 0.25) is 0 Å². The Morgan fingerprint density at radius 3 is 2.19 bits per heavy atom. The van der Waals surface area contributed by atoms with E-state index in [1.165, 1.54) is 51.4 Å². The molecule has 1 saturated carbocycles. The van der Waals surface area contributed by atoms with E-state index in [4.69, 9.17) is 0 Å². The van der Waals surface area contributed by atoms with Crippen molar-refractivity contribution in [3.63, 3.8) is 0 Å². The summed E-state index contributed by atoms with van der Waals surface area (Å²) in [5.74, 6) is 3.88. The van der Waals surface area contributed by atoms with Crippen LogP contribution in [0.4, 0.5) is 0 Å². The highest BCUT2D eigenvalue weighted by Crippen LogP contribution is 2.39. The van der Waals surface area contributed by atoms with Crippen molar-refractivity contribution in [1.82, 2.24) is 0 Å². The van der Waals surface area contributed by atoms with Gasteiger partial charge in [-0.05, 0) is 23.7 Å². The quantitative estimate of drug-likeness (QED) is 0.580. The SMILES string of the molecule is CCC(C)C1C(C)CCCCCCC1CC. The van der Waals surface area contributed by atoms with Crippen LogP contribution in [-0.2, 0) is 0 Å². The van der Waals surface area contributed by atoms with Gasteiger partial charge in [-0.2, -0.15) is 0 Å². The van der Waals surface area contributed by atoms with Crippen molar-refractivity contribution >= 4 is 0 Å². The van der Waals surface area contributed by atoms with Gasteiger partial charge in [0.1, 0.15) is 0 Å². The average Bonchev–Trinajstić information content (AvgIpc) is 2.38. The minimum atomic E-state index is 0.929. The van der Waals surface area contributed by atoms with E-state index in [9.17, 15) is 0 Å². The number of hydrogen-bond donors (Lipinski definition) is 0.